The third-order valence-electron chi connectivity index (χ3n) is 5.15. The number of fused-ring (bicyclic) bond motifs is 1. The number of nitrogens with two attached hydrogens (primary N) is 1. The molecule has 2 amide bonds. The zero-order chi connectivity index (χ0) is 16.6. The first kappa shape index (κ1) is 16.0. The first-order valence-corrected chi connectivity index (χ1v) is 8.23. The van der Waals surface area contributed by atoms with Crippen molar-refractivity contribution < 1.29 is 14.3 Å². The number of carbonyl (C=O) groups is 2. The second-order valence-corrected chi connectivity index (χ2v) is 6.96. The number of anilines is 1. The molecule has 0 radical (unpaired) electrons. The van der Waals surface area contributed by atoms with Gasteiger partial charge in [-0.25, -0.2) is 0 Å². The Bertz CT molecular complexity index is 633. The topological polar surface area (TPSA) is 72.6 Å². The Morgan fingerprint density at radius 3 is 2.61 bits per heavy atom. The minimum atomic E-state index is -0.701. The summed E-state index contributed by atoms with van der Waals surface area (Å²) in [5, 5.41) is 0. The van der Waals surface area contributed by atoms with Gasteiger partial charge in [0, 0.05) is 31.4 Å². The zero-order valence-corrected chi connectivity index (χ0v) is 13.8. The van der Waals surface area contributed by atoms with E-state index in [1.807, 2.05) is 36.9 Å². The first-order valence-electron chi connectivity index (χ1n) is 8.23. The number of hydrogen-bond acceptors (Lipinski definition) is 3. The van der Waals surface area contributed by atoms with Crippen molar-refractivity contribution in [2.75, 3.05) is 24.7 Å². The Labute approximate surface area is 136 Å². The van der Waals surface area contributed by atoms with Crippen LogP contribution in [0.25, 0.3) is 0 Å². The van der Waals surface area contributed by atoms with Crippen molar-refractivity contribution in [1.82, 2.24) is 0 Å². The lowest BCUT2D eigenvalue weighted by atomic mass is 9.83. The van der Waals surface area contributed by atoms with E-state index < -0.39 is 5.41 Å². The first-order chi connectivity index (χ1) is 10.9. The molecule has 5 heteroatoms. The highest BCUT2D eigenvalue weighted by Crippen LogP contribution is 2.34. The molecule has 1 saturated heterocycles. The fourth-order valence-corrected chi connectivity index (χ4v) is 3.33. The molecule has 2 aliphatic rings. The summed E-state index contributed by atoms with van der Waals surface area (Å²) in [6.07, 6.45) is 2.43. The summed E-state index contributed by atoms with van der Waals surface area (Å²) in [6, 6.07) is 5.90. The molecule has 0 saturated carbocycles. The third-order valence-corrected chi connectivity index (χ3v) is 5.15. The molecule has 0 aromatic heterocycles. The minimum Gasteiger partial charge on any atom is -0.381 e. The SMILES string of the molecule is CC(C)(C(N)=O)c1ccc2c(c1)CCN2C(=O)C1CCOCC1. The standard InChI is InChI=1S/C18H24N2O3/c1-18(2,17(19)22)14-3-4-15-13(11-14)5-8-20(15)16(21)12-6-9-23-10-7-12/h3-4,11-12H,5-10H2,1-2H3,(H2,19,22). The molecule has 0 unspecified atom stereocenters. The van der Waals surface area contributed by atoms with Crippen LogP contribution in [0.15, 0.2) is 18.2 Å². The van der Waals surface area contributed by atoms with Crippen molar-refractivity contribution in [3.8, 4) is 0 Å². The van der Waals surface area contributed by atoms with Crippen molar-refractivity contribution in [3.05, 3.63) is 29.3 Å². The monoisotopic (exact) mass is 316 g/mol. The van der Waals surface area contributed by atoms with Crippen LogP contribution in [-0.4, -0.2) is 31.6 Å². The van der Waals surface area contributed by atoms with Gasteiger partial charge in [0.25, 0.3) is 0 Å². The molecule has 1 aromatic rings. The van der Waals surface area contributed by atoms with E-state index >= 15 is 0 Å². The van der Waals surface area contributed by atoms with Gasteiger partial charge in [-0.05, 0) is 50.3 Å². The fraction of sp³-hybridized carbons (Fsp3) is 0.556. The van der Waals surface area contributed by atoms with Crippen LogP contribution in [0.3, 0.4) is 0 Å². The van der Waals surface area contributed by atoms with Gasteiger partial charge in [-0.15, -0.1) is 0 Å². The Kier molecular flexibility index (Phi) is 4.15. The highest BCUT2D eigenvalue weighted by atomic mass is 16.5. The van der Waals surface area contributed by atoms with E-state index in [0.29, 0.717) is 19.8 Å². The molecule has 2 aliphatic heterocycles. The van der Waals surface area contributed by atoms with Crippen LogP contribution >= 0.6 is 0 Å². The van der Waals surface area contributed by atoms with E-state index in [0.717, 1.165) is 36.1 Å². The number of ether oxygens (including phenoxy) is 1. The van der Waals surface area contributed by atoms with Crippen molar-refractivity contribution >= 4 is 17.5 Å². The summed E-state index contributed by atoms with van der Waals surface area (Å²) >= 11 is 0. The van der Waals surface area contributed by atoms with Gasteiger partial charge in [-0.3, -0.25) is 9.59 Å². The molecule has 0 bridgehead atoms. The predicted molar refractivity (Wildman–Crippen MR) is 88.3 cm³/mol. The van der Waals surface area contributed by atoms with Crippen LogP contribution in [0.5, 0.6) is 0 Å². The molecule has 124 valence electrons. The number of nitrogens with zero attached hydrogens (tertiary/aromatic N) is 1. The molecule has 5 nitrogen and oxygen atoms in total. The van der Waals surface area contributed by atoms with Crippen LogP contribution in [0.4, 0.5) is 5.69 Å². The number of amides is 2. The van der Waals surface area contributed by atoms with Gasteiger partial charge >= 0.3 is 0 Å². The van der Waals surface area contributed by atoms with E-state index in [4.69, 9.17) is 10.5 Å². The van der Waals surface area contributed by atoms with Gasteiger partial charge in [0.2, 0.25) is 11.8 Å². The Morgan fingerprint density at radius 2 is 1.96 bits per heavy atom. The molecule has 2 N–H and O–H groups in total. The van der Waals surface area contributed by atoms with E-state index in [2.05, 4.69) is 0 Å². The van der Waals surface area contributed by atoms with E-state index in [1.54, 1.807) is 0 Å². The van der Waals surface area contributed by atoms with E-state index in [-0.39, 0.29) is 17.7 Å². The number of primary amides is 1. The second-order valence-electron chi connectivity index (χ2n) is 6.96. The summed E-state index contributed by atoms with van der Waals surface area (Å²) < 4.78 is 5.34. The molecule has 2 heterocycles. The third kappa shape index (κ3) is 2.85. The second kappa shape index (κ2) is 5.96. The molecule has 0 spiro atoms. The smallest absolute Gasteiger partial charge is 0.230 e. The summed E-state index contributed by atoms with van der Waals surface area (Å²) in [5.41, 5.74) is 7.81. The molecule has 3 rings (SSSR count). The fourth-order valence-electron chi connectivity index (χ4n) is 3.33. The Balaban J connectivity index is 1.84. The van der Waals surface area contributed by atoms with Gasteiger partial charge < -0.3 is 15.4 Å². The molecule has 1 fully saturated rings. The number of carbonyl (C=O) groups excluding carboxylic acids is 2. The summed E-state index contributed by atoms with van der Waals surface area (Å²) in [7, 11) is 0. The number of rotatable bonds is 3. The van der Waals surface area contributed by atoms with Crippen molar-refractivity contribution in [3.63, 3.8) is 0 Å². The number of hydrogen-bond donors (Lipinski definition) is 1. The molecule has 0 atom stereocenters. The molecular weight excluding hydrogens is 292 g/mol. The minimum absolute atomic E-state index is 0.0661. The Morgan fingerprint density at radius 1 is 1.26 bits per heavy atom. The predicted octanol–water partition coefficient (Wildman–Crippen LogP) is 1.77. The largest absolute Gasteiger partial charge is 0.381 e. The van der Waals surface area contributed by atoms with Crippen LogP contribution < -0.4 is 10.6 Å². The van der Waals surface area contributed by atoms with Crippen molar-refractivity contribution in [1.29, 1.82) is 0 Å². The Hall–Kier alpha value is -1.88. The highest BCUT2D eigenvalue weighted by molar-refractivity contribution is 5.97. The van der Waals surface area contributed by atoms with Gasteiger partial charge in [0.1, 0.15) is 0 Å². The highest BCUT2D eigenvalue weighted by Gasteiger charge is 2.33. The lowest BCUT2D eigenvalue weighted by Crippen LogP contribution is -2.37. The van der Waals surface area contributed by atoms with Crippen LogP contribution in [0, 0.1) is 5.92 Å². The van der Waals surface area contributed by atoms with Crippen molar-refractivity contribution in [2.45, 2.75) is 38.5 Å². The molecular formula is C18H24N2O3. The number of benzene rings is 1. The summed E-state index contributed by atoms with van der Waals surface area (Å²) in [6.45, 7) is 5.71. The zero-order valence-electron chi connectivity index (χ0n) is 13.8. The van der Waals surface area contributed by atoms with Crippen LogP contribution in [-0.2, 0) is 26.2 Å². The van der Waals surface area contributed by atoms with Crippen LogP contribution in [0.2, 0.25) is 0 Å². The van der Waals surface area contributed by atoms with Gasteiger partial charge in [0.15, 0.2) is 0 Å². The maximum Gasteiger partial charge on any atom is 0.230 e. The average Bonchev–Trinajstić information content (AvgIpc) is 2.98. The van der Waals surface area contributed by atoms with Crippen LogP contribution in [0.1, 0.15) is 37.8 Å². The summed E-state index contributed by atoms with van der Waals surface area (Å²) in [4.78, 5) is 26.3. The van der Waals surface area contributed by atoms with Gasteiger partial charge in [0.05, 0.1) is 5.41 Å². The summed E-state index contributed by atoms with van der Waals surface area (Å²) in [5.74, 6) is -0.0732. The maximum atomic E-state index is 12.7. The lowest BCUT2D eigenvalue weighted by molar-refractivity contribution is -0.125. The van der Waals surface area contributed by atoms with E-state index in [1.165, 1.54) is 0 Å². The van der Waals surface area contributed by atoms with Gasteiger partial charge in [-0.2, -0.15) is 0 Å². The normalized spacial score (nSPS) is 18.8. The maximum absolute atomic E-state index is 12.7. The molecule has 1 aromatic carbocycles. The lowest BCUT2D eigenvalue weighted by Gasteiger charge is -2.27. The molecule has 23 heavy (non-hydrogen) atoms. The van der Waals surface area contributed by atoms with E-state index in [9.17, 15) is 9.59 Å². The van der Waals surface area contributed by atoms with Crippen molar-refractivity contribution in [2.24, 2.45) is 11.7 Å². The average molecular weight is 316 g/mol. The quantitative estimate of drug-likeness (QED) is 0.923. The van der Waals surface area contributed by atoms with Gasteiger partial charge in [-0.1, -0.05) is 12.1 Å². The molecule has 0 aliphatic carbocycles.